The van der Waals surface area contributed by atoms with E-state index >= 15 is 0 Å². The van der Waals surface area contributed by atoms with E-state index in [1.54, 1.807) is 6.26 Å². The summed E-state index contributed by atoms with van der Waals surface area (Å²) in [6.45, 7) is 7.25. The van der Waals surface area contributed by atoms with Crippen LogP contribution in [0, 0.1) is 0 Å². The van der Waals surface area contributed by atoms with Crippen molar-refractivity contribution >= 4 is 17.2 Å². The van der Waals surface area contributed by atoms with E-state index in [0.29, 0.717) is 16.3 Å². The predicted octanol–water partition coefficient (Wildman–Crippen LogP) is 5.23. The van der Waals surface area contributed by atoms with Crippen molar-refractivity contribution in [3.63, 3.8) is 0 Å². The van der Waals surface area contributed by atoms with Crippen molar-refractivity contribution < 1.29 is 9.21 Å². The van der Waals surface area contributed by atoms with Crippen molar-refractivity contribution in [3.05, 3.63) is 65.3 Å². The predicted molar refractivity (Wildman–Crippen MR) is 122 cm³/mol. The molecule has 0 unspecified atom stereocenters. The molecule has 6 heteroatoms. The number of benzene rings is 1. The fraction of sp³-hybridized carbons (Fsp3) is 0.333. The van der Waals surface area contributed by atoms with Gasteiger partial charge in [-0.2, -0.15) is 0 Å². The Labute approximate surface area is 181 Å². The molecule has 0 spiro atoms. The smallest absolute Gasteiger partial charge is 0.263 e. The Bertz CT molecular complexity index is 997. The SMILES string of the molecule is CC(C)=CCN1CCC(NC(=O)c2sc(-c3ccco3)nc2-c2ccccc2)CC1. The molecule has 3 aromatic rings. The van der Waals surface area contributed by atoms with Crippen molar-refractivity contribution in [1.29, 1.82) is 0 Å². The van der Waals surface area contributed by atoms with Crippen molar-refractivity contribution in [1.82, 2.24) is 15.2 Å². The summed E-state index contributed by atoms with van der Waals surface area (Å²) in [5.74, 6) is 0.635. The van der Waals surface area contributed by atoms with Gasteiger partial charge in [-0.25, -0.2) is 4.98 Å². The molecule has 1 aromatic carbocycles. The zero-order valence-electron chi connectivity index (χ0n) is 17.4. The van der Waals surface area contributed by atoms with E-state index < -0.39 is 0 Å². The molecule has 1 N–H and O–H groups in total. The fourth-order valence-electron chi connectivity index (χ4n) is 3.59. The van der Waals surface area contributed by atoms with Crippen LogP contribution in [-0.2, 0) is 0 Å². The van der Waals surface area contributed by atoms with Crippen molar-refractivity contribution in [3.8, 4) is 22.0 Å². The molecule has 1 fully saturated rings. The quantitative estimate of drug-likeness (QED) is 0.554. The van der Waals surface area contributed by atoms with Crippen molar-refractivity contribution in [2.45, 2.75) is 32.7 Å². The molecule has 3 heterocycles. The number of carbonyl (C=O) groups is 1. The van der Waals surface area contributed by atoms with Gasteiger partial charge in [0.2, 0.25) is 0 Å². The second-order valence-corrected chi connectivity index (χ2v) is 8.87. The van der Waals surface area contributed by atoms with Crippen LogP contribution in [-0.4, -0.2) is 41.5 Å². The second kappa shape index (κ2) is 9.41. The number of rotatable bonds is 6. The Balaban J connectivity index is 1.49. The number of hydrogen-bond donors (Lipinski definition) is 1. The maximum absolute atomic E-state index is 13.2. The number of carbonyl (C=O) groups excluding carboxylic acids is 1. The summed E-state index contributed by atoms with van der Waals surface area (Å²) >= 11 is 1.39. The normalized spacial score (nSPS) is 15.1. The number of nitrogens with zero attached hydrogens (tertiary/aromatic N) is 2. The van der Waals surface area contributed by atoms with E-state index in [0.717, 1.165) is 43.0 Å². The summed E-state index contributed by atoms with van der Waals surface area (Å²) in [5, 5.41) is 3.97. The number of thiazole rings is 1. The van der Waals surface area contributed by atoms with E-state index in [9.17, 15) is 4.79 Å². The van der Waals surface area contributed by atoms with Gasteiger partial charge in [-0.15, -0.1) is 11.3 Å². The number of nitrogens with one attached hydrogen (secondary N) is 1. The van der Waals surface area contributed by atoms with E-state index in [2.05, 4.69) is 30.1 Å². The fourth-order valence-corrected chi connectivity index (χ4v) is 4.55. The maximum Gasteiger partial charge on any atom is 0.263 e. The van der Waals surface area contributed by atoms with Crippen LogP contribution in [0.4, 0.5) is 0 Å². The molecule has 30 heavy (non-hydrogen) atoms. The van der Waals surface area contributed by atoms with Gasteiger partial charge in [-0.1, -0.05) is 42.0 Å². The molecule has 4 rings (SSSR count). The molecular weight excluding hydrogens is 394 g/mol. The summed E-state index contributed by atoms with van der Waals surface area (Å²) in [4.78, 5) is 21.0. The van der Waals surface area contributed by atoms with Gasteiger partial charge in [0.25, 0.3) is 5.91 Å². The van der Waals surface area contributed by atoms with E-state index in [4.69, 9.17) is 9.40 Å². The molecule has 1 aliphatic heterocycles. The minimum Gasteiger partial charge on any atom is -0.462 e. The maximum atomic E-state index is 13.2. The van der Waals surface area contributed by atoms with Gasteiger partial charge in [0, 0.05) is 31.2 Å². The Morgan fingerprint density at radius 2 is 1.97 bits per heavy atom. The monoisotopic (exact) mass is 421 g/mol. The van der Waals surface area contributed by atoms with Gasteiger partial charge < -0.3 is 9.73 Å². The lowest BCUT2D eigenvalue weighted by Gasteiger charge is -2.31. The summed E-state index contributed by atoms with van der Waals surface area (Å²) in [7, 11) is 0. The van der Waals surface area contributed by atoms with Gasteiger partial charge in [0.1, 0.15) is 4.88 Å². The van der Waals surface area contributed by atoms with Crippen LogP contribution < -0.4 is 5.32 Å². The lowest BCUT2D eigenvalue weighted by Crippen LogP contribution is -2.44. The number of likely N-dealkylation sites (tertiary alicyclic amines) is 1. The minimum absolute atomic E-state index is 0.0492. The third-order valence-corrected chi connectivity index (χ3v) is 6.36. The summed E-state index contributed by atoms with van der Waals surface area (Å²) < 4.78 is 5.51. The number of hydrogen-bond acceptors (Lipinski definition) is 5. The summed E-state index contributed by atoms with van der Waals surface area (Å²) in [6, 6.07) is 13.8. The number of allylic oxidation sites excluding steroid dienone is 1. The molecule has 0 bridgehead atoms. The highest BCUT2D eigenvalue weighted by Gasteiger charge is 2.25. The van der Waals surface area contributed by atoms with Crippen LogP contribution in [0.15, 0.2) is 64.8 Å². The molecule has 0 atom stereocenters. The van der Waals surface area contributed by atoms with Crippen LogP contribution in [0.5, 0.6) is 0 Å². The van der Waals surface area contributed by atoms with Crippen LogP contribution in [0.2, 0.25) is 0 Å². The van der Waals surface area contributed by atoms with Crippen molar-refractivity contribution in [2.75, 3.05) is 19.6 Å². The second-order valence-electron chi connectivity index (χ2n) is 7.87. The first-order valence-corrected chi connectivity index (χ1v) is 11.2. The van der Waals surface area contributed by atoms with Crippen LogP contribution >= 0.6 is 11.3 Å². The molecule has 1 aliphatic rings. The zero-order valence-corrected chi connectivity index (χ0v) is 18.2. The zero-order chi connectivity index (χ0) is 20.9. The molecule has 5 nitrogen and oxygen atoms in total. The first-order valence-electron chi connectivity index (χ1n) is 10.4. The van der Waals surface area contributed by atoms with Crippen molar-refractivity contribution in [2.24, 2.45) is 0 Å². The standard InChI is InChI=1S/C24H27N3O2S/c1-17(2)10-13-27-14-11-19(12-15-27)25-23(28)22-21(18-7-4-3-5-8-18)26-24(30-22)20-9-6-16-29-20/h3-10,16,19H,11-15H2,1-2H3,(H,25,28). The topological polar surface area (TPSA) is 58.4 Å². The Hall–Kier alpha value is -2.70. The Morgan fingerprint density at radius 1 is 1.20 bits per heavy atom. The largest absolute Gasteiger partial charge is 0.462 e. The summed E-state index contributed by atoms with van der Waals surface area (Å²) in [6.07, 6.45) is 5.82. The first kappa shape index (κ1) is 20.6. The molecule has 0 saturated carbocycles. The average molecular weight is 422 g/mol. The van der Waals surface area contributed by atoms with Gasteiger partial charge in [0.15, 0.2) is 10.8 Å². The average Bonchev–Trinajstić information content (AvgIpc) is 3.44. The molecule has 156 valence electrons. The highest BCUT2D eigenvalue weighted by molar-refractivity contribution is 7.17. The Morgan fingerprint density at radius 3 is 2.63 bits per heavy atom. The molecular formula is C24H27N3O2S. The lowest BCUT2D eigenvalue weighted by atomic mass is 10.0. The highest BCUT2D eigenvalue weighted by atomic mass is 32.1. The third-order valence-electron chi connectivity index (χ3n) is 5.29. The van der Waals surface area contributed by atoms with E-state index in [1.807, 2.05) is 42.5 Å². The number of furan rings is 1. The first-order chi connectivity index (χ1) is 14.6. The molecule has 2 aromatic heterocycles. The Kier molecular flexibility index (Phi) is 6.45. The van der Waals surface area contributed by atoms with Gasteiger partial charge >= 0.3 is 0 Å². The van der Waals surface area contributed by atoms with Crippen LogP contribution in [0.25, 0.3) is 22.0 Å². The summed E-state index contributed by atoms with van der Waals surface area (Å²) in [5.41, 5.74) is 3.00. The number of amides is 1. The van der Waals surface area contributed by atoms with Gasteiger partial charge in [0.05, 0.1) is 12.0 Å². The third kappa shape index (κ3) is 4.89. The van der Waals surface area contributed by atoms with E-state index in [1.165, 1.54) is 16.9 Å². The lowest BCUT2D eigenvalue weighted by molar-refractivity contribution is 0.0918. The molecule has 0 radical (unpaired) electrons. The molecule has 1 saturated heterocycles. The van der Waals surface area contributed by atoms with Crippen LogP contribution in [0.1, 0.15) is 36.4 Å². The van der Waals surface area contributed by atoms with Gasteiger partial charge in [-0.3, -0.25) is 9.69 Å². The highest BCUT2D eigenvalue weighted by Crippen LogP contribution is 2.34. The van der Waals surface area contributed by atoms with Crippen LogP contribution in [0.3, 0.4) is 0 Å². The minimum atomic E-state index is -0.0492. The van der Waals surface area contributed by atoms with E-state index in [-0.39, 0.29) is 11.9 Å². The van der Waals surface area contributed by atoms with Gasteiger partial charge in [-0.05, 0) is 38.8 Å². The molecule has 0 aliphatic carbocycles. The number of piperidine rings is 1. The number of aromatic nitrogens is 1. The molecule has 1 amide bonds.